The number of nitrogens with zero attached hydrogens (tertiary/aromatic N) is 2. The van der Waals surface area contributed by atoms with Gasteiger partial charge < -0.3 is 5.11 Å². The number of hydrogen-bond donors (Lipinski definition) is 1. The van der Waals surface area contributed by atoms with Crippen molar-refractivity contribution in [2.45, 2.75) is 45.1 Å². The number of benzene rings is 2. The van der Waals surface area contributed by atoms with Gasteiger partial charge in [-0.15, -0.1) is 0 Å². The lowest BCUT2D eigenvalue weighted by Crippen LogP contribution is -2.35. The van der Waals surface area contributed by atoms with Crippen molar-refractivity contribution >= 4 is 22.8 Å². The minimum absolute atomic E-state index is 0.159. The fourth-order valence-electron chi connectivity index (χ4n) is 3.49. The van der Waals surface area contributed by atoms with Gasteiger partial charge in [0, 0.05) is 17.3 Å². The Morgan fingerprint density at radius 1 is 0.962 bits per heavy atom. The predicted molar refractivity (Wildman–Crippen MR) is 109 cm³/mol. The molecule has 0 fully saturated rings. The largest absolute Gasteiger partial charge is 0.384 e. The van der Waals surface area contributed by atoms with Gasteiger partial charge in [0.1, 0.15) is 0 Å². The third-order valence-corrected chi connectivity index (χ3v) is 4.68. The van der Waals surface area contributed by atoms with E-state index >= 15 is 0 Å². The molecule has 0 saturated carbocycles. The summed E-state index contributed by atoms with van der Waals surface area (Å²) in [6.45, 7) is 8.09. The summed E-state index contributed by atoms with van der Waals surface area (Å²) in [6.07, 6.45) is 2.24. The number of aromatic nitrogens is 1. The molecule has 2 aromatic carbocycles. The van der Waals surface area contributed by atoms with Gasteiger partial charge in [-0.05, 0) is 55.5 Å². The number of fused-ring (bicyclic) bond motifs is 1. The molecular formula is C23H26N2O. The van der Waals surface area contributed by atoms with Crippen LogP contribution in [0, 0.1) is 6.92 Å². The zero-order valence-electron chi connectivity index (χ0n) is 15.9. The van der Waals surface area contributed by atoms with Crippen LogP contribution in [0.3, 0.4) is 0 Å². The summed E-state index contributed by atoms with van der Waals surface area (Å²) in [5.74, 6) is 0. The van der Waals surface area contributed by atoms with Crippen LogP contribution in [-0.4, -0.2) is 21.9 Å². The molecule has 3 nitrogen and oxygen atoms in total. The van der Waals surface area contributed by atoms with Gasteiger partial charge in [-0.1, -0.05) is 50.2 Å². The highest BCUT2D eigenvalue weighted by atomic mass is 16.3. The van der Waals surface area contributed by atoms with Crippen molar-refractivity contribution in [3.8, 4) is 0 Å². The Labute approximate surface area is 155 Å². The summed E-state index contributed by atoms with van der Waals surface area (Å²) >= 11 is 0. The van der Waals surface area contributed by atoms with E-state index in [1.54, 1.807) is 6.21 Å². The predicted octanol–water partition coefficient (Wildman–Crippen LogP) is 5.36. The molecule has 0 spiro atoms. The third kappa shape index (κ3) is 4.17. The van der Waals surface area contributed by atoms with Gasteiger partial charge in [-0.2, -0.15) is 0 Å². The SMILES string of the molecule is Cc1ccc2c(N=CC(C)(O)CC(C)(C)c3ccccc3)cccc2n1. The summed E-state index contributed by atoms with van der Waals surface area (Å²) < 4.78 is 0. The first-order valence-electron chi connectivity index (χ1n) is 8.96. The second kappa shape index (κ2) is 7.00. The molecule has 0 aliphatic rings. The highest BCUT2D eigenvalue weighted by Gasteiger charge is 2.30. The molecule has 1 unspecified atom stereocenters. The number of aryl methyl sites for hydroxylation is 1. The maximum atomic E-state index is 10.9. The molecule has 0 radical (unpaired) electrons. The highest BCUT2D eigenvalue weighted by molar-refractivity contribution is 5.91. The summed E-state index contributed by atoms with van der Waals surface area (Å²) in [6, 6.07) is 20.2. The highest BCUT2D eigenvalue weighted by Crippen LogP contribution is 2.32. The van der Waals surface area contributed by atoms with Crippen LogP contribution in [0.2, 0.25) is 0 Å². The van der Waals surface area contributed by atoms with Crippen LogP contribution in [-0.2, 0) is 5.41 Å². The van der Waals surface area contributed by atoms with E-state index in [0.717, 1.165) is 22.3 Å². The molecule has 1 aromatic heterocycles. The van der Waals surface area contributed by atoms with Crippen LogP contribution >= 0.6 is 0 Å². The van der Waals surface area contributed by atoms with E-state index in [1.807, 2.05) is 62.4 Å². The lowest BCUT2D eigenvalue weighted by atomic mass is 9.76. The van der Waals surface area contributed by atoms with E-state index in [-0.39, 0.29) is 5.41 Å². The summed E-state index contributed by atoms with van der Waals surface area (Å²) in [5.41, 5.74) is 2.76. The van der Waals surface area contributed by atoms with Crippen molar-refractivity contribution in [3.05, 3.63) is 71.9 Å². The van der Waals surface area contributed by atoms with E-state index in [9.17, 15) is 5.11 Å². The molecule has 1 atom stereocenters. The van der Waals surface area contributed by atoms with Crippen LogP contribution in [0.15, 0.2) is 65.7 Å². The zero-order chi connectivity index (χ0) is 18.8. The molecule has 0 bridgehead atoms. The van der Waals surface area contributed by atoms with Gasteiger partial charge >= 0.3 is 0 Å². The minimum Gasteiger partial charge on any atom is -0.384 e. The van der Waals surface area contributed by atoms with Crippen molar-refractivity contribution < 1.29 is 5.11 Å². The monoisotopic (exact) mass is 346 g/mol. The van der Waals surface area contributed by atoms with Crippen LogP contribution < -0.4 is 0 Å². The van der Waals surface area contributed by atoms with Crippen molar-refractivity contribution in [1.82, 2.24) is 4.98 Å². The van der Waals surface area contributed by atoms with Gasteiger partial charge in [0.2, 0.25) is 0 Å². The first kappa shape index (κ1) is 18.3. The van der Waals surface area contributed by atoms with Crippen LogP contribution in [0.4, 0.5) is 5.69 Å². The number of hydrogen-bond acceptors (Lipinski definition) is 3. The Hall–Kier alpha value is -2.52. The van der Waals surface area contributed by atoms with E-state index in [2.05, 4.69) is 36.0 Å². The lowest BCUT2D eigenvalue weighted by molar-refractivity contribution is 0.103. The molecule has 0 aliphatic carbocycles. The summed E-state index contributed by atoms with van der Waals surface area (Å²) in [4.78, 5) is 9.14. The molecular weight excluding hydrogens is 320 g/mol. The molecule has 3 heteroatoms. The Balaban J connectivity index is 1.85. The first-order chi connectivity index (χ1) is 12.3. The lowest BCUT2D eigenvalue weighted by Gasteiger charge is -2.32. The summed E-state index contributed by atoms with van der Waals surface area (Å²) in [5, 5.41) is 11.9. The number of rotatable bonds is 5. The number of aliphatic imine (C=N–C) groups is 1. The second-order valence-electron chi connectivity index (χ2n) is 7.84. The fraction of sp³-hybridized carbons (Fsp3) is 0.304. The topological polar surface area (TPSA) is 45.5 Å². The van der Waals surface area contributed by atoms with Gasteiger partial charge in [-0.3, -0.25) is 9.98 Å². The first-order valence-corrected chi connectivity index (χ1v) is 8.96. The van der Waals surface area contributed by atoms with Crippen molar-refractivity contribution in [1.29, 1.82) is 0 Å². The maximum absolute atomic E-state index is 10.9. The molecule has 0 saturated heterocycles. The molecule has 0 aliphatic heterocycles. The van der Waals surface area contributed by atoms with Crippen molar-refractivity contribution in [2.24, 2.45) is 4.99 Å². The van der Waals surface area contributed by atoms with Gasteiger partial charge in [0.25, 0.3) is 0 Å². The van der Waals surface area contributed by atoms with Crippen LogP contribution in [0.25, 0.3) is 10.9 Å². The number of aliphatic hydroxyl groups is 1. The molecule has 1 heterocycles. The van der Waals surface area contributed by atoms with E-state index in [4.69, 9.17) is 0 Å². The molecule has 0 amide bonds. The molecule has 3 aromatic rings. The van der Waals surface area contributed by atoms with E-state index < -0.39 is 5.60 Å². The van der Waals surface area contributed by atoms with Crippen molar-refractivity contribution in [2.75, 3.05) is 0 Å². The van der Waals surface area contributed by atoms with Crippen LogP contribution in [0.5, 0.6) is 0 Å². The minimum atomic E-state index is -1.01. The Kier molecular flexibility index (Phi) is 4.92. The maximum Gasteiger partial charge on any atom is 0.0977 e. The zero-order valence-corrected chi connectivity index (χ0v) is 15.9. The van der Waals surface area contributed by atoms with Crippen LogP contribution in [0.1, 0.15) is 38.4 Å². The van der Waals surface area contributed by atoms with Crippen molar-refractivity contribution in [3.63, 3.8) is 0 Å². The van der Waals surface area contributed by atoms with E-state index in [1.165, 1.54) is 5.56 Å². The van der Waals surface area contributed by atoms with Gasteiger partial charge in [0.05, 0.1) is 16.8 Å². The quantitative estimate of drug-likeness (QED) is 0.632. The number of pyridine rings is 1. The standard InChI is InChI=1S/C23H26N2O/c1-17-13-14-19-20(11-8-12-21(19)25-17)24-16-23(4,26)15-22(2,3)18-9-6-5-7-10-18/h5-14,16,26H,15H2,1-4H3. The third-order valence-electron chi connectivity index (χ3n) is 4.68. The Morgan fingerprint density at radius 2 is 1.69 bits per heavy atom. The van der Waals surface area contributed by atoms with Gasteiger partial charge in [-0.25, -0.2) is 0 Å². The van der Waals surface area contributed by atoms with Gasteiger partial charge in [0.15, 0.2) is 0 Å². The molecule has 134 valence electrons. The average Bonchev–Trinajstić information content (AvgIpc) is 2.59. The molecule has 3 rings (SSSR count). The fourth-order valence-corrected chi connectivity index (χ4v) is 3.49. The Bertz CT molecular complexity index is 927. The normalized spacial score (nSPS) is 14.7. The molecule has 1 N–H and O–H groups in total. The smallest absolute Gasteiger partial charge is 0.0977 e. The molecule has 26 heavy (non-hydrogen) atoms. The average molecular weight is 346 g/mol. The second-order valence-corrected chi connectivity index (χ2v) is 7.84. The van der Waals surface area contributed by atoms with E-state index in [0.29, 0.717) is 6.42 Å². The summed E-state index contributed by atoms with van der Waals surface area (Å²) in [7, 11) is 0. The Morgan fingerprint density at radius 3 is 2.42 bits per heavy atom.